The van der Waals surface area contributed by atoms with Gasteiger partial charge in [0.05, 0.1) is 7.11 Å². The van der Waals surface area contributed by atoms with Gasteiger partial charge in [-0.3, -0.25) is 4.90 Å². The predicted molar refractivity (Wildman–Crippen MR) is 98.5 cm³/mol. The largest absolute Gasteiger partial charge is 0.497 e. The van der Waals surface area contributed by atoms with E-state index < -0.39 is 0 Å². The Labute approximate surface area is 147 Å². The summed E-state index contributed by atoms with van der Waals surface area (Å²) in [5, 5.41) is 1.26. The van der Waals surface area contributed by atoms with Crippen molar-refractivity contribution in [3.05, 3.63) is 65.6 Å². The first-order valence-electron chi connectivity index (χ1n) is 8.85. The lowest BCUT2D eigenvalue weighted by molar-refractivity contribution is 0.203. The summed E-state index contributed by atoms with van der Waals surface area (Å²) in [7, 11) is 1.70. The monoisotopic (exact) mass is 338 g/mol. The third kappa shape index (κ3) is 3.27. The predicted octanol–water partition coefficient (Wildman–Crippen LogP) is 4.70. The Morgan fingerprint density at radius 1 is 1.16 bits per heavy atom. The normalized spacial score (nSPS) is 16.4. The van der Waals surface area contributed by atoms with Crippen LogP contribution < -0.4 is 4.74 Å². The third-order valence-electron chi connectivity index (χ3n) is 5.30. The lowest BCUT2D eigenvalue weighted by Crippen LogP contribution is -2.32. The molecule has 0 saturated carbocycles. The van der Waals surface area contributed by atoms with Gasteiger partial charge >= 0.3 is 0 Å². The van der Waals surface area contributed by atoms with E-state index in [0.717, 1.165) is 42.8 Å². The summed E-state index contributed by atoms with van der Waals surface area (Å²) in [6.45, 7) is 2.69. The first-order chi connectivity index (χ1) is 12.2. The van der Waals surface area contributed by atoms with Crippen LogP contribution in [0.1, 0.15) is 29.9 Å². The van der Waals surface area contributed by atoms with E-state index in [1.165, 1.54) is 10.9 Å². The minimum absolute atomic E-state index is 0.103. The van der Waals surface area contributed by atoms with Crippen LogP contribution in [0.15, 0.2) is 48.7 Å². The zero-order valence-corrected chi connectivity index (χ0v) is 14.5. The van der Waals surface area contributed by atoms with Crippen LogP contribution in [0, 0.1) is 5.82 Å². The minimum Gasteiger partial charge on any atom is -0.497 e. The molecule has 130 valence electrons. The molecule has 1 aliphatic rings. The fourth-order valence-corrected chi connectivity index (χ4v) is 3.86. The van der Waals surface area contributed by atoms with Gasteiger partial charge in [0.25, 0.3) is 0 Å². The molecular formula is C21H23FN2O. The van der Waals surface area contributed by atoms with Crippen molar-refractivity contribution >= 4 is 10.9 Å². The maximum atomic E-state index is 13.8. The topological polar surface area (TPSA) is 28.3 Å². The zero-order chi connectivity index (χ0) is 17.2. The van der Waals surface area contributed by atoms with E-state index in [0.29, 0.717) is 12.5 Å². The molecule has 0 amide bonds. The maximum absolute atomic E-state index is 13.8. The van der Waals surface area contributed by atoms with Crippen LogP contribution in [0.3, 0.4) is 0 Å². The standard InChI is InChI=1S/C21H23FN2O/c1-25-17-6-7-21-18(12-17)19(13-23-21)15-8-10-24(11-9-15)14-16-4-2-3-5-20(16)22/h2-7,12-13,15,23H,8-11,14H2,1H3. The number of methoxy groups -OCH3 is 1. The van der Waals surface area contributed by atoms with Gasteiger partial charge < -0.3 is 9.72 Å². The number of aromatic amines is 1. The molecule has 0 radical (unpaired) electrons. The van der Waals surface area contributed by atoms with Gasteiger partial charge in [-0.1, -0.05) is 18.2 Å². The third-order valence-corrected chi connectivity index (χ3v) is 5.30. The Balaban J connectivity index is 1.46. The molecule has 0 bridgehead atoms. The van der Waals surface area contributed by atoms with E-state index in [9.17, 15) is 4.39 Å². The van der Waals surface area contributed by atoms with Crippen LogP contribution in [-0.2, 0) is 6.54 Å². The minimum atomic E-state index is -0.103. The zero-order valence-electron chi connectivity index (χ0n) is 14.5. The number of hydrogen-bond acceptors (Lipinski definition) is 2. The number of ether oxygens (including phenoxy) is 1. The molecule has 2 aromatic carbocycles. The van der Waals surface area contributed by atoms with E-state index in [1.807, 2.05) is 18.2 Å². The van der Waals surface area contributed by atoms with Gasteiger partial charge in [-0.2, -0.15) is 0 Å². The molecule has 0 unspecified atom stereocenters. The fraction of sp³-hybridized carbons (Fsp3) is 0.333. The number of hydrogen-bond donors (Lipinski definition) is 1. The molecule has 0 atom stereocenters. The fourth-order valence-electron chi connectivity index (χ4n) is 3.86. The Morgan fingerprint density at radius 3 is 2.72 bits per heavy atom. The van der Waals surface area contributed by atoms with Crippen LogP contribution in [-0.4, -0.2) is 30.1 Å². The Morgan fingerprint density at radius 2 is 1.96 bits per heavy atom. The highest BCUT2D eigenvalue weighted by atomic mass is 19.1. The van der Waals surface area contributed by atoms with Crippen molar-refractivity contribution in [3.8, 4) is 5.75 Å². The van der Waals surface area contributed by atoms with Crippen molar-refractivity contribution in [2.75, 3.05) is 20.2 Å². The van der Waals surface area contributed by atoms with Crippen molar-refractivity contribution in [1.82, 2.24) is 9.88 Å². The first-order valence-corrected chi connectivity index (χ1v) is 8.85. The molecule has 1 saturated heterocycles. The highest BCUT2D eigenvalue weighted by molar-refractivity contribution is 5.85. The number of fused-ring (bicyclic) bond motifs is 1. The molecule has 3 nitrogen and oxygen atoms in total. The number of nitrogens with zero attached hydrogens (tertiary/aromatic N) is 1. The second-order valence-corrected chi connectivity index (χ2v) is 6.80. The van der Waals surface area contributed by atoms with Crippen LogP contribution in [0.4, 0.5) is 4.39 Å². The summed E-state index contributed by atoms with van der Waals surface area (Å²) in [6, 6.07) is 13.3. The Bertz CT molecular complexity index is 865. The van der Waals surface area contributed by atoms with E-state index in [4.69, 9.17) is 4.74 Å². The SMILES string of the molecule is COc1ccc2[nH]cc(C3CCN(Cc4ccccc4F)CC3)c2c1. The van der Waals surface area contributed by atoms with Gasteiger partial charge in [0.1, 0.15) is 11.6 Å². The second-order valence-electron chi connectivity index (χ2n) is 6.80. The lowest BCUT2D eigenvalue weighted by Gasteiger charge is -2.32. The number of nitrogens with one attached hydrogen (secondary N) is 1. The molecular weight excluding hydrogens is 315 g/mol. The van der Waals surface area contributed by atoms with Crippen LogP contribution >= 0.6 is 0 Å². The average molecular weight is 338 g/mol. The van der Waals surface area contributed by atoms with Crippen molar-refractivity contribution in [3.63, 3.8) is 0 Å². The van der Waals surface area contributed by atoms with Crippen molar-refractivity contribution in [1.29, 1.82) is 0 Å². The lowest BCUT2D eigenvalue weighted by atomic mass is 9.89. The van der Waals surface area contributed by atoms with Crippen molar-refractivity contribution < 1.29 is 9.13 Å². The first kappa shape index (κ1) is 16.2. The van der Waals surface area contributed by atoms with Crippen LogP contribution in [0.5, 0.6) is 5.75 Å². The number of halogens is 1. The molecule has 1 N–H and O–H groups in total. The number of benzene rings is 2. The van der Waals surface area contributed by atoms with Crippen LogP contribution in [0.25, 0.3) is 10.9 Å². The van der Waals surface area contributed by atoms with Crippen molar-refractivity contribution in [2.24, 2.45) is 0 Å². The summed E-state index contributed by atoms with van der Waals surface area (Å²) < 4.78 is 19.2. The molecule has 4 rings (SSSR count). The molecule has 2 heterocycles. The molecule has 1 fully saturated rings. The average Bonchev–Trinajstić information content (AvgIpc) is 3.07. The summed E-state index contributed by atoms with van der Waals surface area (Å²) in [5.41, 5.74) is 3.32. The smallest absolute Gasteiger partial charge is 0.127 e. The van der Waals surface area contributed by atoms with Crippen molar-refractivity contribution in [2.45, 2.75) is 25.3 Å². The Hall–Kier alpha value is -2.33. The molecule has 1 aliphatic heterocycles. The molecule has 25 heavy (non-hydrogen) atoms. The molecule has 4 heteroatoms. The van der Waals surface area contributed by atoms with Gasteiger partial charge in [-0.25, -0.2) is 4.39 Å². The highest BCUT2D eigenvalue weighted by Gasteiger charge is 2.23. The van der Waals surface area contributed by atoms with E-state index in [1.54, 1.807) is 19.2 Å². The van der Waals surface area contributed by atoms with E-state index in [-0.39, 0.29) is 5.82 Å². The summed E-state index contributed by atoms with van der Waals surface area (Å²) in [6.07, 6.45) is 4.33. The van der Waals surface area contributed by atoms with E-state index in [2.05, 4.69) is 28.2 Å². The number of H-pyrrole nitrogens is 1. The van der Waals surface area contributed by atoms with E-state index >= 15 is 0 Å². The summed E-state index contributed by atoms with van der Waals surface area (Å²) in [4.78, 5) is 5.73. The summed E-state index contributed by atoms with van der Waals surface area (Å²) in [5.74, 6) is 1.33. The van der Waals surface area contributed by atoms with Gasteiger partial charge in [-0.05, 0) is 61.7 Å². The molecule has 3 aromatic rings. The van der Waals surface area contributed by atoms with Gasteiger partial charge in [0.15, 0.2) is 0 Å². The highest BCUT2D eigenvalue weighted by Crippen LogP contribution is 2.35. The second kappa shape index (κ2) is 6.89. The number of likely N-dealkylation sites (tertiary alicyclic amines) is 1. The van der Waals surface area contributed by atoms with Gasteiger partial charge in [-0.15, -0.1) is 0 Å². The summed E-state index contributed by atoms with van der Waals surface area (Å²) >= 11 is 0. The number of rotatable bonds is 4. The maximum Gasteiger partial charge on any atom is 0.127 e. The van der Waals surface area contributed by atoms with Crippen LogP contribution in [0.2, 0.25) is 0 Å². The van der Waals surface area contributed by atoms with Gasteiger partial charge in [0.2, 0.25) is 0 Å². The molecule has 0 aliphatic carbocycles. The number of aromatic nitrogens is 1. The quantitative estimate of drug-likeness (QED) is 0.747. The van der Waals surface area contributed by atoms with Gasteiger partial charge in [0, 0.05) is 29.2 Å². The molecule has 1 aromatic heterocycles. The Kier molecular flexibility index (Phi) is 4.45. The number of piperidine rings is 1. The molecule has 0 spiro atoms.